The topological polar surface area (TPSA) is 59.2 Å². The van der Waals surface area contributed by atoms with Gasteiger partial charge in [0, 0.05) is 60.0 Å². The van der Waals surface area contributed by atoms with E-state index >= 15 is 0 Å². The molecular formula is C24H26ClN3O2. The van der Waals surface area contributed by atoms with Crippen LogP contribution >= 0.6 is 11.6 Å². The van der Waals surface area contributed by atoms with E-state index in [1.54, 1.807) is 12.3 Å². The summed E-state index contributed by atoms with van der Waals surface area (Å²) in [5.74, 6) is 1.56. The van der Waals surface area contributed by atoms with Crippen molar-refractivity contribution >= 4 is 22.6 Å². The van der Waals surface area contributed by atoms with Crippen molar-refractivity contribution in [2.75, 3.05) is 6.54 Å². The molecule has 0 bridgehead atoms. The van der Waals surface area contributed by atoms with Crippen molar-refractivity contribution in [1.29, 1.82) is 0 Å². The average molecular weight is 424 g/mol. The van der Waals surface area contributed by atoms with E-state index in [0.29, 0.717) is 34.0 Å². The summed E-state index contributed by atoms with van der Waals surface area (Å²) in [5, 5.41) is 1.13. The number of aromatic nitrogens is 2. The molecule has 0 atom stereocenters. The van der Waals surface area contributed by atoms with Crippen LogP contribution in [0.15, 0.2) is 33.8 Å². The smallest absolute Gasteiger partial charge is 0.197 e. The predicted molar refractivity (Wildman–Crippen MR) is 118 cm³/mol. The second-order valence-electron chi connectivity index (χ2n) is 8.68. The quantitative estimate of drug-likeness (QED) is 0.583. The molecule has 30 heavy (non-hydrogen) atoms. The average Bonchev–Trinajstić information content (AvgIpc) is 2.77. The summed E-state index contributed by atoms with van der Waals surface area (Å²) >= 11 is 6.22. The Bertz CT molecular complexity index is 1150. The number of hydrogen-bond acceptors (Lipinski definition) is 5. The standard InChI is InChI=1S/C24H26ClN3O2/c1-15-9-22-19(10-20(15)25)23(29)18(14-30-22)13-28-8-7-21-17(12-28)11-26-24(27-21)16-5-3-2-4-6-16/h9-11,14,16H,2-8,12-13H2,1H3. The lowest BCUT2D eigenvalue weighted by atomic mass is 9.88. The molecule has 2 aliphatic rings. The lowest BCUT2D eigenvalue weighted by Gasteiger charge is -2.28. The molecule has 1 aliphatic heterocycles. The highest BCUT2D eigenvalue weighted by Crippen LogP contribution is 2.31. The van der Waals surface area contributed by atoms with Crippen LogP contribution in [0, 0.1) is 6.92 Å². The van der Waals surface area contributed by atoms with Gasteiger partial charge in [0.1, 0.15) is 11.4 Å². The maximum Gasteiger partial charge on any atom is 0.197 e. The van der Waals surface area contributed by atoms with Crippen molar-refractivity contribution in [3.05, 3.63) is 68.0 Å². The van der Waals surface area contributed by atoms with Gasteiger partial charge < -0.3 is 4.42 Å². The molecule has 1 aliphatic carbocycles. The van der Waals surface area contributed by atoms with Crippen LogP contribution in [0.1, 0.15) is 66.2 Å². The Balaban J connectivity index is 1.35. The van der Waals surface area contributed by atoms with E-state index in [1.165, 1.54) is 43.4 Å². The fraction of sp³-hybridized carbons (Fsp3) is 0.458. The predicted octanol–water partition coefficient (Wildman–Crippen LogP) is 5.15. The number of rotatable bonds is 3. The van der Waals surface area contributed by atoms with Crippen molar-refractivity contribution in [2.24, 2.45) is 0 Å². The van der Waals surface area contributed by atoms with E-state index in [1.807, 2.05) is 19.2 Å². The molecule has 1 saturated carbocycles. The third-order valence-corrected chi connectivity index (χ3v) is 6.93. The Morgan fingerprint density at radius 3 is 2.90 bits per heavy atom. The van der Waals surface area contributed by atoms with Crippen molar-refractivity contribution in [3.63, 3.8) is 0 Å². The van der Waals surface area contributed by atoms with Gasteiger partial charge in [-0.25, -0.2) is 9.97 Å². The van der Waals surface area contributed by atoms with Gasteiger partial charge in [-0.2, -0.15) is 0 Å². The summed E-state index contributed by atoms with van der Waals surface area (Å²) in [7, 11) is 0. The zero-order valence-corrected chi connectivity index (χ0v) is 18.0. The number of nitrogens with zero attached hydrogens (tertiary/aromatic N) is 3. The third-order valence-electron chi connectivity index (χ3n) is 6.52. The molecule has 0 spiro atoms. The van der Waals surface area contributed by atoms with Gasteiger partial charge in [-0.15, -0.1) is 0 Å². The minimum atomic E-state index is -0.00663. The Kier molecular flexibility index (Phi) is 5.34. The number of fused-ring (bicyclic) bond motifs is 2. The van der Waals surface area contributed by atoms with E-state index in [-0.39, 0.29) is 5.43 Å². The number of benzene rings is 1. The molecule has 156 valence electrons. The van der Waals surface area contributed by atoms with Crippen LogP contribution in [-0.2, 0) is 19.5 Å². The maximum absolute atomic E-state index is 13.0. The Labute approximate surface area is 181 Å². The molecular weight excluding hydrogens is 398 g/mol. The lowest BCUT2D eigenvalue weighted by Crippen LogP contribution is -2.32. The van der Waals surface area contributed by atoms with Gasteiger partial charge in [0.2, 0.25) is 0 Å². The Morgan fingerprint density at radius 1 is 1.23 bits per heavy atom. The van der Waals surface area contributed by atoms with Gasteiger partial charge in [0.25, 0.3) is 0 Å². The molecule has 0 saturated heterocycles. The molecule has 0 radical (unpaired) electrons. The highest BCUT2D eigenvalue weighted by Gasteiger charge is 2.23. The minimum Gasteiger partial charge on any atom is -0.464 e. The molecule has 3 aromatic rings. The first kappa shape index (κ1) is 19.7. The van der Waals surface area contributed by atoms with Crippen LogP contribution in [0.3, 0.4) is 0 Å². The summed E-state index contributed by atoms with van der Waals surface area (Å²) in [6.45, 7) is 4.09. The molecule has 0 amide bonds. The van der Waals surface area contributed by atoms with Crippen LogP contribution < -0.4 is 5.43 Å². The molecule has 6 heteroatoms. The maximum atomic E-state index is 13.0. The van der Waals surface area contributed by atoms with Crippen LogP contribution in [0.4, 0.5) is 0 Å². The van der Waals surface area contributed by atoms with Crippen LogP contribution in [0.25, 0.3) is 11.0 Å². The van der Waals surface area contributed by atoms with Crippen LogP contribution in [0.5, 0.6) is 0 Å². The summed E-state index contributed by atoms with van der Waals surface area (Å²) in [6.07, 6.45) is 10.8. The first-order valence-corrected chi connectivity index (χ1v) is 11.2. The molecule has 0 unspecified atom stereocenters. The highest BCUT2D eigenvalue weighted by atomic mass is 35.5. The third kappa shape index (κ3) is 3.77. The van der Waals surface area contributed by atoms with Gasteiger partial charge in [-0.1, -0.05) is 30.9 Å². The van der Waals surface area contributed by atoms with E-state index < -0.39 is 0 Å². The van der Waals surface area contributed by atoms with Crippen LogP contribution in [0.2, 0.25) is 5.02 Å². The zero-order chi connectivity index (χ0) is 20.7. The van der Waals surface area contributed by atoms with Gasteiger partial charge in [0.05, 0.1) is 11.6 Å². The van der Waals surface area contributed by atoms with Gasteiger partial charge in [0.15, 0.2) is 5.43 Å². The largest absolute Gasteiger partial charge is 0.464 e. The Hall–Kier alpha value is -2.24. The molecule has 3 heterocycles. The first-order valence-electron chi connectivity index (χ1n) is 10.9. The molecule has 0 N–H and O–H groups in total. The van der Waals surface area contributed by atoms with Gasteiger partial charge >= 0.3 is 0 Å². The second-order valence-corrected chi connectivity index (χ2v) is 9.09. The van der Waals surface area contributed by atoms with Crippen molar-refractivity contribution in [1.82, 2.24) is 14.9 Å². The van der Waals surface area contributed by atoms with Gasteiger partial charge in [-0.05, 0) is 37.5 Å². The number of halogens is 1. The minimum absolute atomic E-state index is 0.00663. The van der Waals surface area contributed by atoms with E-state index in [2.05, 4.69) is 4.90 Å². The summed E-state index contributed by atoms with van der Waals surface area (Å²) in [4.78, 5) is 24.8. The summed E-state index contributed by atoms with van der Waals surface area (Å²) in [6, 6.07) is 3.54. The van der Waals surface area contributed by atoms with E-state index in [4.69, 9.17) is 26.0 Å². The molecule has 2 aromatic heterocycles. The Morgan fingerprint density at radius 2 is 2.07 bits per heavy atom. The summed E-state index contributed by atoms with van der Waals surface area (Å²) < 4.78 is 5.74. The molecule has 1 fully saturated rings. The number of aryl methyl sites for hydroxylation is 1. The SMILES string of the molecule is Cc1cc2occ(CN3CCc4nc(C5CCCCC5)ncc4C3)c(=O)c2cc1Cl. The number of hydrogen-bond donors (Lipinski definition) is 0. The normalized spacial score (nSPS) is 17.9. The van der Waals surface area contributed by atoms with Crippen LogP contribution in [-0.4, -0.2) is 21.4 Å². The second kappa shape index (κ2) is 8.12. The molecule has 5 nitrogen and oxygen atoms in total. The monoisotopic (exact) mass is 423 g/mol. The van der Waals surface area contributed by atoms with E-state index in [9.17, 15) is 4.79 Å². The highest BCUT2D eigenvalue weighted by molar-refractivity contribution is 6.32. The van der Waals surface area contributed by atoms with Crippen molar-refractivity contribution in [3.8, 4) is 0 Å². The van der Waals surface area contributed by atoms with Crippen molar-refractivity contribution in [2.45, 2.75) is 64.5 Å². The first-order chi connectivity index (χ1) is 14.6. The van der Waals surface area contributed by atoms with E-state index in [0.717, 1.165) is 30.9 Å². The fourth-order valence-electron chi connectivity index (χ4n) is 4.72. The molecule has 5 rings (SSSR count). The lowest BCUT2D eigenvalue weighted by molar-refractivity contribution is 0.240. The van der Waals surface area contributed by atoms with Gasteiger partial charge in [-0.3, -0.25) is 9.69 Å². The zero-order valence-electron chi connectivity index (χ0n) is 17.3. The van der Waals surface area contributed by atoms with Crippen molar-refractivity contribution < 1.29 is 4.42 Å². The summed E-state index contributed by atoms with van der Waals surface area (Å²) in [5.41, 5.74) is 4.48. The fourth-order valence-corrected chi connectivity index (χ4v) is 4.89. The molecule has 1 aromatic carbocycles.